The van der Waals surface area contributed by atoms with Crippen molar-refractivity contribution in [2.75, 3.05) is 18.9 Å². The number of aromatic nitrogens is 2. The summed E-state index contributed by atoms with van der Waals surface area (Å²) in [5, 5.41) is 2.64. The van der Waals surface area contributed by atoms with Crippen molar-refractivity contribution in [2.45, 2.75) is 6.92 Å². The molecule has 2 aromatic rings. The second kappa shape index (κ2) is 6.87. The quantitative estimate of drug-likeness (QED) is 0.904. The summed E-state index contributed by atoms with van der Waals surface area (Å²) in [6.07, 6.45) is 1.45. The van der Waals surface area contributed by atoms with Gasteiger partial charge in [-0.3, -0.25) is 14.4 Å². The van der Waals surface area contributed by atoms with E-state index in [1.165, 1.54) is 34.8 Å². The van der Waals surface area contributed by atoms with Crippen LogP contribution in [0.3, 0.4) is 0 Å². The maximum Gasteiger partial charge on any atom is 0.255 e. The van der Waals surface area contributed by atoms with E-state index in [2.05, 4.69) is 10.3 Å². The third-order valence-electron chi connectivity index (χ3n) is 3.22. The van der Waals surface area contributed by atoms with Crippen molar-refractivity contribution in [3.63, 3.8) is 0 Å². The first kappa shape index (κ1) is 16.4. The highest BCUT2D eigenvalue weighted by Gasteiger charge is 2.16. The molecule has 7 heteroatoms. The third kappa shape index (κ3) is 4.26. The first-order chi connectivity index (χ1) is 10.9. The monoisotopic (exact) mass is 314 g/mol. The number of anilines is 1. The van der Waals surface area contributed by atoms with Crippen LogP contribution >= 0.6 is 0 Å². The zero-order valence-electron chi connectivity index (χ0n) is 13.2. The molecule has 0 aliphatic heterocycles. The number of nitrogens with one attached hydrogen (secondary N) is 1. The Kier molecular flexibility index (Phi) is 4.90. The molecule has 120 valence electrons. The van der Waals surface area contributed by atoms with Gasteiger partial charge in [0.15, 0.2) is 0 Å². The minimum Gasteiger partial charge on any atom is -0.332 e. The molecule has 0 unspecified atom stereocenters. The smallest absolute Gasteiger partial charge is 0.255 e. The molecule has 0 aliphatic rings. The van der Waals surface area contributed by atoms with Gasteiger partial charge >= 0.3 is 0 Å². The van der Waals surface area contributed by atoms with Gasteiger partial charge in [0.25, 0.3) is 5.91 Å². The number of hydrogen-bond acceptors (Lipinski definition) is 4. The second-order valence-corrected chi connectivity index (χ2v) is 5.24. The zero-order valence-corrected chi connectivity index (χ0v) is 13.2. The summed E-state index contributed by atoms with van der Waals surface area (Å²) in [6.45, 7) is 1.71. The van der Waals surface area contributed by atoms with Gasteiger partial charge in [0.2, 0.25) is 11.5 Å². The van der Waals surface area contributed by atoms with E-state index in [4.69, 9.17) is 0 Å². The summed E-state index contributed by atoms with van der Waals surface area (Å²) < 4.78 is 1.32. The number of hydrogen-bond donors (Lipinski definition) is 1. The van der Waals surface area contributed by atoms with Gasteiger partial charge in [0.1, 0.15) is 5.82 Å². The molecule has 2 aromatic heterocycles. The Labute approximate surface area is 133 Å². The van der Waals surface area contributed by atoms with Gasteiger partial charge in [-0.05, 0) is 25.1 Å². The van der Waals surface area contributed by atoms with Gasteiger partial charge in [0.05, 0.1) is 12.1 Å². The van der Waals surface area contributed by atoms with Crippen LogP contribution in [0.1, 0.15) is 16.1 Å². The zero-order chi connectivity index (χ0) is 17.0. The van der Waals surface area contributed by atoms with Gasteiger partial charge in [-0.1, -0.05) is 6.07 Å². The summed E-state index contributed by atoms with van der Waals surface area (Å²) in [7, 11) is 3.09. The van der Waals surface area contributed by atoms with E-state index < -0.39 is 0 Å². The van der Waals surface area contributed by atoms with Crippen molar-refractivity contribution in [1.29, 1.82) is 0 Å². The molecule has 1 N–H and O–H groups in total. The largest absolute Gasteiger partial charge is 0.332 e. The van der Waals surface area contributed by atoms with E-state index >= 15 is 0 Å². The summed E-state index contributed by atoms with van der Waals surface area (Å²) in [4.78, 5) is 41.0. The maximum atomic E-state index is 12.3. The van der Waals surface area contributed by atoms with Gasteiger partial charge in [-0.2, -0.15) is 0 Å². The minimum atomic E-state index is -0.344. The molecule has 2 heterocycles. The highest BCUT2D eigenvalue weighted by atomic mass is 16.2. The van der Waals surface area contributed by atoms with Gasteiger partial charge in [-0.25, -0.2) is 4.98 Å². The first-order valence-electron chi connectivity index (χ1n) is 7.02. The molecule has 0 aliphatic carbocycles. The van der Waals surface area contributed by atoms with Crippen molar-refractivity contribution in [2.24, 2.45) is 7.05 Å². The summed E-state index contributed by atoms with van der Waals surface area (Å²) >= 11 is 0. The Morgan fingerprint density at radius 2 is 2.00 bits per heavy atom. The Balaban J connectivity index is 2.01. The van der Waals surface area contributed by atoms with Crippen LogP contribution in [0.15, 0.2) is 41.3 Å². The van der Waals surface area contributed by atoms with Crippen LogP contribution in [-0.2, 0) is 11.8 Å². The average Bonchev–Trinajstić information content (AvgIpc) is 2.49. The van der Waals surface area contributed by atoms with Crippen molar-refractivity contribution >= 4 is 17.6 Å². The fraction of sp³-hybridized carbons (Fsp3) is 0.250. The average molecular weight is 314 g/mol. The van der Waals surface area contributed by atoms with E-state index in [-0.39, 0.29) is 23.9 Å². The fourth-order valence-electron chi connectivity index (χ4n) is 2.02. The third-order valence-corrected chi connectivity index (χ3v) is 3.22. The van der Waals surface area contributed by atoms with Gasteiger partial charge in [0, 0.05) is 32.1 Å². The lowest BCUT2D eigenvalue weighted by Gasteiger charge is -2.17. The molecule has 2 rings (SSSR count). The summed E-state index contributed by atoms with van der Waals surface area (Å²) in [5.74, 6) is -0.241. The molecule has 0 fully saturated rings. The lowest BCUT2D eigenvalue weighted by molar-refractivity contribution is -0.116. The summed E-state index contributed by atoms with van der Waals surface area (Å²) in [5.41, 5.74) is 0.931. The van der Waals surface area contributed by atoms with E-state index in [0.29, 0.717) is 11.4 Å². The summed E-state index contributed by atoms with van der Waals surface area (Å²) in [6, 6.07) is 8.06. The van der Waals surface area contributed by atoms with Crippen LogP contribution in [0.25, 0.3) is 0 Å². The highest BCUT2D eigenvalue weighted by Crippen LogP contribution is 2.05. The molecular formula is C16H18N4O3. The lowest BCUT2D eigenvalue weighted by atomic mass is 10.2. The number of amides is 2. The minimum absolute atomic E-state index is 0.114. The number of rotatable bonds is 4. The normalized spacial score (nSPS) is 10.2. The number of pyridine rings is 2. The van der Waals surface area contributed by atoms with E-state index in [0.717, 1.165) is 5.69 Å². The van der Waals surface area contributed by atoms with Crippen molar-refractivity contribution in [1.82, 2.24) is 14.5 Å². The predicted octanol–water partition coefficient (Wildman–Crippen LogP) is 0.799. The number of carbonyl (C=O) groups excluding carboxylic acids is 2. The Morgan fingerprint density at radius 3 is 2.65 bits per heavy atom. The number of nitrogens with zero attached hydrogens (tertiary/aromatic N) is 3. The van der Waals surface area contributed by atoms with Crippen LogP contribution in [0.2, 0.25) is 0 Å². The SMILES string of the molecule is Cc1cccc(NC(=O)CN(C)C(=O)c2ccc(=O)n(C)c2)n1. The molecule has 0 saturated carbocycles. The second-order valence-electron chi connectivity index (χ2n) is 5.24. The molecule has 7 nitrogen and oxygen atoms in total. The van der Waals surface area contributed by atoms with Crippen LogP contribution in [-0.4, -0.2) is 39.9 Å². The molecule has 0 bridgehead atoms. The predicted molar refractivity (Wildman–Crippen MR) is 86.2 cm³/mol. The lowest BCUT2D eigenvalue weighted by Crippen LogP contribution is -2.35. The van der Waals surface area contributed by atoms with Gasteiger partial charge in [-0.15, -0.1) is 0 Å². The highest BCUT2D eigenvalue weighted by molar-refractivity contribution is 5.98. The van der Waals surface area contributed by atoms with Crippen molar-refractivity contribution < 1.29 is 9.59 Å². The van der Waals surface area contributed by atoms with E-state index in [1.807, 2.05) is 13.0 Å². The molecule has 0 atom stereocenters. The van der Waals surface area contributed by atoms with Crippen LogP contribution < -0.4 is 10.9 Å². The number of aryl methyl sites for hydroxylation is 2. The van der Waals surface area contributed by atoms with E-state index in [9.17, 15) is 14.4 Å². The van der Waals surface area contributed by atoms with Gasteiger partial charge < -0.3 is 14.8 Å². The first-order valence-corrected chi connectivity index (χ1v) is 7.02. The van der Waals surface area contributed by atoms with Crippen LogP contribution in [0.4, 0.5) is 5.82 Å². The standard InChI is InChI=1S/C16H18N4O3/c1-11-5-4-6-13(17-11)18-14(21)10-20(3)16(23)12-7-8-15(22)19(2)9-12/h4-9H,10H2,1-3H3,(H,17,18,21). The van der Waals surface area contributed by atoms with Crippen molar-refractivity contribution in [3.05, 3.63) is 58.1 Å². The Morgan fingerprint density at radius 1 is 1.26 bits per heavy atom. The van der Waals surface area contributed by atoms with Crippen LogP contribution in [0, 0.1) is 6.92 Å². The topological polar surface area (TPSA) is 84.3 Å². The Bertz CT molecular complexity index is 798. The molecule has 2 amide bonds. The molecule has 0 aromatic carbocycles. The molecule has 0 radical (unpaired) electrons. The fourth-order valence-corrected chi connectivity index (χ4v) is 2.02. The maximum absolute atomic E-state index is 12.3. The molecule has 0 spiro atoms. The Hall–Kier alpha value is -2.96. The molecule has 0 saturated heterocycles. The number of likely N-dealkylation sites (N-methyl/N-ethyl adjacent to an activating group) is 1. The molecule has 23 heavy (non-hydrogen) atoms. The molecular weight excluding hydrogens is 296 g/mol. The van der Waals surface area contributed by atoms with E-state index in [1.54, 1.807) is 19.2 Å². The number of carbonyl (C=O) groups is 2. The van der Waals surface area contributed by atoms with Crippen LogP contribution in [0.5, 0.6) is 0 Å². The van der Waals surface area contributed by atoms with Crippen molar-refractivity contribution in [3.8, 4) is 0 Å².